The van der Waals surface area contributed by atoms with E-state index in [1.807, 2.05) is 30.3 Å². The Labute approximate surface area is 105 Å². The first-order valence-electron chi connectivity index (χ1n) is 5.54. The molecule has 5 heteroatoms. The van der Waals surface area contributed by atoms with Crippen LogP contribution >= 0.6 is 0 Å². The van der Waals surface area contributed by atoms with Gasteiger partial charge in [-0.3, -0.25) is 14.4 Å². The molecule has 1 aromatic rings. The molecule has 2 amide bonds. The highest BCUT2D eigenvalue weighted by molar-refractivity contribution is 6.01. The van der Waals surface area contributed by atoms with Crippen LogP contribution in [0.3, 0.4) is 0 Å². The molecule has 1 fully saturated rings. The van der Waals surface area contributed by atoms with Crippen molar-refractivity contribution in [2.45, 2.75) is 6.61 Å². The van der Waals surface area contributed by atoms with Crippen molar-refractivity contribution in [2.75, 3.05) is 13.6 Å². The Kier molecular flexibility index (Phi) is 3.43. The molecule has 5 nitrogen and oxygen atoms in total. The van der Waals surface area contributed by atoms with Crippen molar-refractivity contribution in [1.29, 1.82) is 0 Å². The zero-order valence-corrected chi connectivity index (χ0v) is 10.1. The summed E-state index contributed by atoms with van der Waals surface area (Å²) in [5.41, 5.74) is 1.06. The second-order valence-electron chi connectivity index (χ2n) is 4.00. The molecule has 0 bridgehead atoms. The molecule has 0 atom stereocenters. The number of carbonyl (C=O) groups excluding carboxylic acids is 2. The maximum Gasteiger partial charge on any atom is 0.293 e. The monoisotopic (exact) mass is 246 g/mol. The lowest BCUT2D eigenvalue weighted by Gasteiger charge is -2.31. The van der Waals surface area contributed by atoms with Gasteiger partial charge in [0.2, 0.25) is 5.91 Å². The number of amides is 2. The lowest BCUT2D eigenvalue weighted by Crippen LogP contribution is -2.50. The average molecular weight is 246 g/mol. The Morgan fingerprint density at radius 1 is 1.28 bits per heavy atom. The van der Waals surface area contributed by atoms with Gasteiger partial charge in [0.15, 0.2) is 0 Å². The third-order valence-electron chi connectivity index (χ3n) is 2.76. The fraction of sp³-hybridized carbons (Fsp3) is 0.231. The Morgan fingerprint density at radius 3 is 2.61 bits per heavy atom. The highest BCUT2D eigenvalue weighted by Gasteiger charge is 2.32. The molecule has 0 aliphatic carbocycles. The first kappa shape index (κ1) is 12.3. The lowest BCUT2D eigenvalue weighted by atomic mass is 10.2. The molecule has 0 radical (unpaired) electrons. The molecule has 1 aliphatic heterocycles. The summed E-state index contributed by atoms with van der Waals surface area (Å²) in [6.07, 6.45) is 0. The molecule has 1 aliphatic rings. The van der Waals surface area contributed by atoms with Gasteiger partial charge in [-0.05, 0) is 5.56 Å². The van der Waals surface area contributed by atoms with E-state index in [1.54, 1.807) is 0 Å². The number of carbonyl (C=O) groups is 2. The van der Waals surface area contributed by atoms with Crippen LogP contribution in [0.1, 0.15) is 5.56 Å². The van der Waals surface area contributed by atoms with Crippen LogP contribution in [0.2, 0.25) is 0 Å². The molecule has 94 valence electrons. The van der Waals surface area contributed by atoms with Crippen LogP contribution in [0.25, 0.3) is 0 Å². The molecule has 0 saturated carbocycles. The van der Waals surface area contributed by atoms with Crippen LogP contribution in [0.5, 0.6) is 0 Å². The van der Waals surface area contributed by atoms with Crippen molar-refractivity contribution < 1.29 is 14.4 Å². The van der Waals surface area contributed by atoms with Gasteiger partial charge in [0.05, 0.1) is 0 Å². The Bertz CT molecular complexity index is 484. The molecule has 0 unspecified atom stereocenters. The lowest BCUT2D eigenvalue weighted by molar-refractivity contribution is -0.197. The van der Waals surface area contributed by atoms with Gasteiger partial charge in [-0.1, -0.05) is 36.9 Å². The van der Waals surface area contributed by atoms with E-state index in [1.165, 1.54) is 11.9 Å². The quantitative estimate of drug-likeness (QED) is 0.745. The maximum atomic E-state index is 11.8. The summed E-state index contributed by atoms with van der Waals surface area (Å²) >= 11 is 0. The Hall–Kier alpha value is -2.14. The number of hydrogen-bond acceptors (Lipinski definition) is 3. The SMILES string of the molecule is C=C1C(=O)N(OCc2ccccc2)CC(=O)N1C. The van der Waals surface area contributed by atoms with E-state index in [9.17, 15) is 9.59 Å². The van der Waals surface area contributed by atoms with E-state index in [0.717, 1.165) is 10.6 Å². The standard InChI is InChI=1S/C13H14N2O3/c1-10-13(17)15(8-12(16)14(10)2)18-9-11-6-4-3-5-7-11/h3-7H,1,8-9H2,2H3. The highest BCUT2D eigenvalue weighted by atomic mass is 16.7. The van der Waals surface area contributed by atoms with Crippen LogP contribution in [-0.2, 0) is 21.0 Å². The van der Waals surface area contributed by atoms with Gasteiger partial charge in [0.25, 0.3) is 5.91 Å². The van der Waals surface area contributed by atoms with Crippen molar-refractivity contribution in [3.8, 4) is 0 Å². The van der Waals surface area contributed by atoms with E-state index in [-0.39, 0.29) is 30.7 Å². The van der Waals surface area contributed by atoms with Gasteiger partial charge in [0.1, 0.15) is 18.8 Å². The zero-order valence-electron chi connectivity index (χ0n) is 10.1. The molecule has 0 aromatic heterocycles. The number of hydrogen-bond donors (Lipinski definition) is 0. The van der Waals surface area contributed by atoms with Gasteiger partial charge < -0.3 is 4.90 Å². The second-order valence-corrected chi connectivity index (χ2v) is 4.00. The van der Waals surface area contributed by atoms with E-state index in [2.05, 4.69) is 6.58 Å². The van der Waals surface area contributed by atoms with Gasteiger partial charge in [-0.15, -0.1) is 0 Å². The summed E-state index contributed by atoms with van der Waals surface area (Å²) in [6, 6.07) is 9.44. The Morgan fingerprint density at radius 2 is 1.94 bits per heavy atom. The van der Waals surface area contributed by atoms with E-state index in [4.69, 9.17) is 4.84 Å². The molecule has 0 spiro atoms. The molecule has 18 heavy (non-hydrogen) atoms. The first-order valence-corrected chi connectivity index (χ1v) is 5.54. The number of nitrogens with zero attached hydrogens (tertiary/aromatic N) is 2. The summed E-state index contributed by atoms with van der Waals surface area (Å²) in [6.45, 7) is 3.73. The van der Waals surface area contributed by atoms with E-state index < -0.39 is 0 Å². The summed E-state index contributed by atoms with van der Waals surface area (Å²) in [5, 5.41) is 1.05. The fourth-order valence-electron chi connectivity index (χ4n) is 1.57. The highest BCUT2D eigenvalue weighted by Crippen LogP contribution is 2.14. The number of piperazine rings is 1. The molecule has 0 N–H and O–H groups in total. The van der Waals surface area contributed by atoms with Gasteiger partial charge in [0, 0.05) is 7.05 Å². The summed E-state index contributed by atoms with van der Waals surface area (Å²) in [7, 11) is 1.52. The predicted molar refractivity (Wildman–Crippen MR) is 64.9 cm³/mol. The number of hydroxylamine groups is 2. The van der Waals surface area contributed by atoms with Gasteiger partial charge in [-0.25, -0.2) is 5.06 Å². The minimum atomic E-state index is -0.381. The molecule has 1 heterocycles. The minimum Gasteiger partial charge on any atom is -0.309 e. The zero-order chi connectivity index (χ0) is 13.1. The van der Waals surface area contributed by atoms with Crippen LogP contribution in [0.4, 0.5) is 0 Å². The third kappa shape index (κ3) is 2.41. The largest absolute Gasteiger partial charge is 0.309 e. The first-order chi connectivity index (χ1) is 8.59. The summed E-state index contributed by atoms with van der Waals surface area (Å²) in [4.78, 5) is 30.0. The van der Waals surface area contributed by atoms with Crippen molar-refractivity contribution in [3.05, 3.63) is 48.2 Å². The molecular weight excluding hydrogens is 232 g/mol. The van der Waals surface area contributed by atoms with Crippen LogP contribution < -0.4 is 0 Å². The summed E-state index contributed by atoms with van der Waals surface area (Å²) < 4.78 is 0. The Balaban J connectivity index is 2.00. The smallest absolute Gasteiger partial charge is 0.293 e. The maximum absolute atomic E-state index is 11.8. The third-order valence-corrected chi connectivity index (χ3v) is 2.76. The van der Waals surface area contributed by atoms with E-state index >= 15 is 0 Å². The normalized spacial score (nSPS) is 16.4. The van der Waals surface area contributed by atoms with Crippen LogP contribution in [0, 0.1) is 0 Å². The van der Waals surface area contributed by atoms with Crippen molar-refractivity contribution >= 4 is 11.8 Å². The molecule has 1 saturated heterocycles. The molecular formula is C13H14N2O3. The predicted octanol–water partition coefficient (Wildman–Crippen LogP) is 0.932. The van der Waals surface area contributed by atoms with Crippen molar-refractivity contribution in [1.82, 2.24) is 9.96 Å². The van der Waals surface area contributed by atoms with Crippen LogP contribution in [0.15, 0.2) is 42.6 Å². The topological polar surface area (TPSA) is 49.9 Å². The van der Waals surface area contributed by atoms with E-state index in [0.29, 0.717) is 0 Å². The average Bonchev–Trinajstić information content (AvgIpc) is 2.40. The van der Waals surface area contributed by atoms with Gasteiger partial charge in [-0.2, -0.15) is 0 Å². The number of likely N-dealkylation sites (N-methyl/N-ethyl adjacent to an activating group) is 1. The summed E-state index contributed by atoms with van der Waals surface area (Å²) in [5.74, 6) is -0.597. The minimum absolute atomic E-state index is 0.0822. The van der Waals surface area contributed by atoms with Crippen molar-refractivity contribution in [2.24, 2.45) is 0 Å². The second kappa shape index (κ2) is 5.01. The number of benzene rings is 1. The number of rotatable bonds is 3. The molecule has 1 aromatic carbocycles. The fourth-order valence-corrected chi connectivity index (χ4v) is 1.57. The van der Waals surface area contributed by atoms with Crippen LogP contribution in [-0.4, -0.2) is 35.4 Å². The molecule has 2 rings (SSSR count). The van der Waals surface area contributed by atoms with Gasteiger partial charge >= 0.3 is 0 Å². The van der Waals surface area contributed by atoms with Crippen molar-refractivity contribution in [3.63, 3.8) is 0 Å².